The minimum absolute atomic E-state index is 0.669. The first-order chi connectivity index (χ1) is 12.8. The molecule has 7 heteroatoms. The van der Waals surface area contributed by atoms with Gasteiger partial charge in [0.2, 0.25) is 0 Å². The van der Waals surface area contributed by atoms with E-state index in [0.717, 1.165) is 28.3 Å². The maximum Gasteiger partial charge on any atom is 0.176 e. The molecule has 7 nitrogen and oxygen atoms in total. The Bertz CT molecular complexity index is 984. The van der Waals surface area contributed by atoms with Crippen LogP contribution in [0.3, 0.4) is 0 Å². The van der Waals surface area contributed by atoms with Crippen LogP contribution >= 0.6 is 0 Å². The van der Waals surface area contributed by atoms with Crippen molar-refractivity contribution in [3.63, 3.8) is 0 Å². The van der Waals surface area contributed by atoms with E-state index in [0.29, 0.717) is 18.8 Å². The van der Waals surface area contributed by atoms with E-state index in [2.05, 4.69) is 49.2 Å². The van der Waals surface area contributed by atoms with E-state index in [1.54, 1.807) is 6.26 Å². The van der Waals surface area contributed by atoms with Crippen LogP contribution in [0.4, 0.5) is 0 Å². The fourth-order valence-electron chi connectivity index (χ4n) is 2.94. The summed E-state index contributed by atoms with van der Waals surface area (Å²) in [6.45, 7) is 2.77. The summed E-state index contributed by atoms with van der Waals surface area (Å²) in [5, 5.41) is 14.1. The summed E-state index contributed by atoms with van der Waals surface area (Å²) >= 11 is 0. The van der Waals surface area contributed by atoms with Gasteiger partial charge in [-0.05, 0) is 30.7 Å². The zero-order chi connectivity index (χ0) is 17.8. The smallest absolute Gasteiger partial charge is 0.176 e. The minimum Gasteiger partial charge on any atom is -0.465 e. The third-order valence-electron chi connectivity index (χ3n) is 4.13. The first-order valence-corrected chi connectivity index (χ1v) is 8.36. The molecule has 26 heavy (non-hydrogen) atoms. The Morgan fingerprint density at radius 2 is 2.08 bits per heavy atom. The van der Waals surface area contributed by atoms with Crippen molar-refractivity contribution in [3.8, 4) is 11.3 Å². The van der Waals surface area contributed by atoms with Crippen LogP contribution in [0.25, 0.3) is 22.9 Å². The summed E-state index contributed by atoms with van der Waals surface area (Å²) in [7, 11) is 0. The number of hydrogen-bond acceptors (Lipinski definition) is 5. The van der Waals surface area contributed by atoms with E-state index in [1.165, 1.54) is 0 Å². The highest BCUT2D eigenvalue weighted by Gasteiger charge is 2.15. The summed E-state index contributed by atoms with van der Waals surface area (Å²) in [4.78, 5) is 4.66. The Hall–Kier alpha value is -3.48. The highest BCUT2D eigenvalue weighted by molar-refractivity contribution is 5.84. The van der Waals surface area contributed by atoms with Gasteiger partial charge in [0, 0.05) is 18.5 Å². The van der Waals surface area contributed by atoms with Crippen LogP contribution in [0.15, 0.2) is 59.5 Å². The van der Waals surface area contributed by atoms with Crippen LogP contribution in [0.1, 0.15) is 24.2 Å². The van der Waals surface area contributed by atoms with Crippen molar-refractivity contribution in [3.05, 3.63) is 72.3 Å². The number of H-pyrrole nitrogens is 1. The van der Waals surface area contributed by atoms with Crippen LogP contribution < -0.4 is 0 Å². The van der Waals surface area contributed by atoms with Crippen LogP contribution in [-0.4, -0.2) is 30.2 Å². The van der Waals surface area contributed by atoms with Crippen LogP contribution in [0, 0.1) is 0 Å². The van der Waals surface area contributed by atoms with E-state index >= 15 is 0 Å². The van der Waals surface area contributed by atoms with Gasteiger partial charge in [-0.3, -0.25) is 0 Å². The molecule has 0 atom stereocenters. The van der Waals surface area contributed by atoms with Crippen molar-refractivity contribution in [1.82, 2.24) is 30.2 Å². The molecule has 0 aliphatic rings. The fourth-order valence-corrected chi connectivity index (χ4v) is 2.94. The van der Waals surface area contributed by atoms with Gasteiger partial charge < -0.3 is 8.98 Å². The standard InChI is InChI=1S/C19H18N6O/c1-14(12-16-8-5-11-26-16)19-18(15-6-3-2-4-7-15)20-13-25(19)10-9-17-21-23-24-22-17/h2-8,11-13H,9-10H2,1H3,(H,21,22,23,24). The number of imidazole rings is 1. The molecule has 3 heterocycles. The van der Waals surface area contributed by atoms with Crippen molar-refractivity contribution in [2.45, 2.75) is 19.9 Å². The summed E-state index contributed by atoms with van der Waals surface area (Å²) < 4.78 is 7.59. The maximum absolute atomic E-state index is 5.47. The molecule has 0 saturated heterocycles. The normalized spacial score (nSPS) is 11.8. The van der Waals surface area contributed by atoms with Gasteiger partial charge in [-0.2, -0.15) is 5.21 Å². The Morgan fingerprint density at radius 3 is 2.81 bits per heavy atom. The predicted molar refractivity (Wildman–Crippen MR) is 97.8 cm³/mol. The molecule has 4 aromatic rings. The topological polar surface area (TPSA) is 85.4 Å². The van der Waals surface area contributed by atoms with Crippen LogP contribution in [-0.2, 0) is 13.0 Å². The molecule has 1 N–H and O–H groups in total. The number of aryl methyl sites for hydroxylation is 2. The molecule has 0 saturated carbocycles. The van der Waals surface area contributed by atoms with Gasteiger partial charge in [0.05, 0.1) is 24.0 Å². The molecule has 0 aliphatic carbocycles. The molecule has 0 amide bonds. The lowest BCUT2D eigenvalue weighted by Crippen LogP contribution is -2.05. The summed E-state index contributed by atoms with van der Waals surface area (Å²) in [5.41, 5.74) is 4.15. The molecule has 0 radical (unpaired) electrons. The number of nitrogens with one attached hydrogen (secondary N) is 1. The van der Waals surface area contributed by atoms with Gasteiger partial charge in [-0.25, -0.2) is 4.98 Å². The molecule has 0 spiro atoms. The monoisotopic (exact) mass is 346 g/mol. The molecule has 4 rings (SSSR count). The lowest BCUT2D eigenvalue weighted by atomic mass is 10.1. The third-order valence-corrected chi connectivity index (χ3v) is 4.13. The van der Waals surface area contributed by atoms with Crippen LogP contribution in [0.2, 0.25) is 0 Å². The Balaban J connectivity index is 1.73. The molecule has 3 aromatic heterocycles. The zero-order valence-corrected chi connectivity index (χ0v) is 14.3. The van der Waals surface area contributed by atoms with E-state index < -0.39 is 0 Å². The van der Waals surface area contributed by atoms with Crippen molar-refractivity contribution >= 4 is 11.6 Å². The third kappa shape index (κ3) is 3.32. The Kier molecular flexibility index (Phi) is 4.42. The number of nitrogens with zero attached hydrogens (tertiary/aromatic N) is 5. The first kappa shape index (κ1) is 16.0. The quantitative estimate of drug-likeness (QED) is 0.578. The average Bonchev–Trinajstić information content (AvgIpc) is 3.42. The van der Waals surface area contributed by atoms with Crippen molar-refractivity contribution in [2.75, 3.05) is 0 Å². The molecule has 1 aromatic carbocycles. The Labute approximate surface area is 150 Å². The van der Waals surface area contributed by atoms with Crippen molar-refractivity contribution in [1.29, 1.82) is 0 Å². The summed E-state index contributed by atoms with van der Waals surface area (Å²) in [6.07, 6.45) is 6.22. The SMILES string of the molecule is CC(=Cc1ccco1)c1c(-c2ccccc2)ncn1CCc1nn[nH]n1. The highest BCUT2D eigenvalue weighted by Crippen LogP contribution is 2.29. The van der Waals surface area contributed by atoms with Gasteiger partial charge in [0.1, 0.15) is 5.76 Å². The molecular formula is C19H18N6O. The number of aromatic amines is 1. The molecule has 130 valence electrons. The summed E-state index contributed by atoms with van der Waals surface area (Å²) in [6, 6.07) is 14.0. The second-order valence-corrected chi connectivity index (χ2v) is 5.92. The van der Waals surface area contributed by atoms with E-state index in [-0.39, 0.29) is 0 Å². The number of rotatable bonds is 6. The maximum atomic E-state index is 5.47. The summed E-state index contributed by atoms with van der Waals surface area (Å²) in [5.74, 6) is 1.49. The predicted octanol–water partition coefficient (Wildman–Crippen LogP) is 3.46. The van der Waals surface area contributed by atoms with Crippen molar-refractivity contribution < 1.29 is 4.42 Å². The number of hydrogen-bond donors (Lipinski definition) is 1. The minimum atomic E-state index is 0.669. The number of allylic oxidation sites excluding steroid dienone is 1. The molecule has 0 bridgehead atoms. The first-order valence-electron chi connectivity index (χ1n) is 8.36. The lowest BCUT2D eigenvalue weighted by Gasteiger charge is -2.10. The second-order valence-electron chi connectivity index (χ2n) is 5.92. The number of tetrazole rings is 1. The van der Waals surface area contributed by atoms with Gasteiger partial charge in [-0.1, -0.05) is 35.5 Å². The highest BCUT2D eigenvalue weighted by atomic mass is 16.3. The Morgan fingerprint density at radius 1 is 1.19 bits per heavy atom. The van der Waals surface area contributed by atoms with Crippen LogP contribution in [0.5, 0.6) is 0 Å². The van der Waals surface area contributed by atoms with Gasteiger partial charge in [-0.15, -0.1) is 10.2 Å². The second kappa shape index (κ2) is 7.18. The molecule has 0 unspecified atom stereocenters. The van der Waals surface area contributed by atoms with Crippen molar-refractivity contribution in [2.24, 2.45) is 0 Å². The number of furan rings is 1. The fraction of sp³-hybridized carbons (Fsp3) is 0.158. The van der Waals surface area contributed by atoms with E-state index in [9.17, 15) is 0 Å². The zero-order valence-electron chi connectivity index (χ0n) is 14.3. The number of benzene rings is 1. The number of aromatic nitrogens is 6. The van der Waals surface area contributed by atoms with E-state index in [4.69, 9.17) is 4.42 Å². The van der Waals surface area contributed by atoms with E-state index in [1.807, 2.05) is 42.7 Å². The average molecular weight is 346 g/mol. The lowest BCUT2D eigenvalue weighted by molar-refractivity contribution is 0.557. The van der Waals surface area contributed by atoms with Gasteiger partial charge in [0.15, 0.2) is 5.82 Å². The molecule has 0 fully saturated rings. The largest absolute Gasteiger partial charge is 0.465 e. The molecular weight excluding hydrogens is 328 g/mol. The van der Waals surface area contributed by atoms with Gasteiger partial charge >= 0.3 is 0 Å². The molecule has 0 aliphatic heterocycles. The van der Waals surface area contributed by atoms with Gasteiger partial charge in [0.25, 0.3) is 0 Å².